The predicted molar refractivity (Wildman–Crippen MR) is 112 cm³/mol. The Bertz CT molecular complexity index is 916. The molecule has 154 valence electrons. The summed E-state index contributed by atoms with van der Waals surface area (Å²) in [5.74, 6) is 2.16. The maximum atomic E-state index is 12.3. The van der Waals surface area contributed by atoms with Gasteiger partial charge in [-0.25, -0.2) is 14.8 Å². The zero-order valence-electron chi connectivity index (χ0n) is 16.5. The van der Waals surface area contributed by atoms with Crippen LogP contribution in [0, 0.1) is 0 Å². The molecule has 2 amide bonds. The summed E-state index contributed by atoms with van der Waals surface area (Å²) in [6, 6.07) is 8.73. The lowest BCUT2D eigenvalue weighted by molar-refractivity contribution is 0.237. The third-order valence-electron chi connectivity index (χ3n) is 4.28. The molecule has 0 aliphatic carbocycles. The number of imidazole rings is 1. The molecule has 2 N–H and O–H groups in total. The van der Waals surface area contributed by atoms with E-state index in [1.54, 1.807) is 32.9 Å². The van der Waals surface area contributed by atoms with Gasteiger partial charge in [0.05, 0.1) is 20.3 Å². The fraction of sp³-hybridized carbons (Fsp3) is 0.250. The van der Waals surface area contributed by atoms with Gasteiger partial charge in [0.15, 0.2) is 0 Å². The Morgan fingerprint density at radius 1 is 1.21 bits per heavy atom. The molecule has 3 rings (SSSR count). The van der Waals surface area contributed by atoms with E-state index in [4.69, 9.17) is 9.47 Å². The number of carbonyl (C=O) groups is 1. The molecule has 1 atom stereocenters. The molecule has 0 saturated heterocycles. The van der Waals surface area contributed by atoms with Crippen molar-refractivity contribution < 1.29 is 14.3 Å². The summed E-state index contributed by atoms with van der Waals surface area (Å²) in [7, 11) is 3.20. The Morgan fingerprint density at radius 3 is 2.66 bits per heavy atom. The number of aromatic nitrogens is 3. The molecule has 3 aromatic rings. The highest BCUT2D eigenvalue weighted by molar-refractivity contribution is 5.85. The summed E-state index contributed by atoms with van der Waals surface area (Å²) < 4.78 is 12.4. The van der Waals surface area contributed by atoms with E-state index in [1.165, 1.54) is 0 Å². The van der Waals surface area contributed by atoms with Gasteiger partial charge in [0.1, 0.15) is 23.6 Å². The molecule has 0 bridgehead atoms. The fourth-order valence-electron chi connectivity index (χ4n) is 2.75. The van der Waals surface area contributed by atoms with Gasteiger partial charge in [-0.05, 0) is 36.8 Å². The van der Waals surface area contributed by atoms with E-state index in [2.05, 4.69) is 20.6 Å². The number of benzene rings is 1. The van der Waals surface area contributed by atoms with E-state index in [0.29, 0.717) is 18.0 Å². The van der Waals surface area contributed by atoms with E-state index in [1.807, 2.05) is 48.0 Å². The van der Waals surface area contributed by atoms with Gasteiger partial charge in [-0.3, -0.25) is 4.57 Å². The predicted octanol–water partition coefficient (Wildman–Crippen LogP) is 3.27. The highest BCUT2D eigenvalue weighted by Crippen LogP contribution is 2.29. The molecule has 8 nitrogen and oxygen atoms in total. The van der Waals surface area contributed by atoms with Crippen LogP contribution in [0.3, 0.4) is 0 Å². The van der Waals surface area contributed by atoms with Crippen molar-refractivity contribution >= 4 is 18.4 Å². The second kappa shape index (κ2) is 10.3. The monoisotopic (exact) mass is 417 g/mol. The van der Waals surface area contributed by atoms with Crippen molar-refractivity contribution in [1.29, 1.82) is 0 Å². The van der Waals surface area contributed by atoms with Crippen molar-refractivity contribution in [2.45, 2.75) is 19.5 Å². The van der Waals surface area contributed by atoms with Gasteiger partial charge in [-0.1, -0.05) is 6.07 Å². The van der Waals surface area contributed by atoms with Crippen molar-refractivity contribution in [2.75, 3.05) is 14.2 Å². The Kier molecular flexibility index (Phi) is 7.85. The van der Waals surface area contributed by atoms with Crippen LogP contribution in [0.2, 0.25) is 0 Å². The number of halogens is 1. The maximum absolute atomic E-state index is 12.3. The molecule has 0 aliphatic rings. The molecule has 29 heavy (non-hydrogen) atoms. The van der Waals surface area contributed by atoms with E-state index in [9.17, 15) is 4.79 Å². The molecule has 9 heteroatoms. The molecule has 0 aliphatic heterocycles. The number of carbonyl (C=O) groups excluding carboxylic acids is 1. The lowest BCUT2D eigenvalue weighted by Crippen LogP contribution is -2.36. The first kappa shape index (κ1) is 22.0. The average Bonchev–Trinajstić information content (AvgIpc) is 3.27. The minimum Gasteiger partial charge on any atom is -0.497 e. The van der Waals surface area contributed by atoms with E-state index >= 15 is 0 Å². The number of pyridine rings is 1. The van der Waals surface area contributed by atoms with Crippen molar-refractivity contribution in [1.82, 2.24) is 25.2 Å². The number of rotatable bonds is 7. The highest BCUT2D eigenvalue weighted by atomic mass is 35.5. The Balaban J connectivity index is 0.00000300. The van der Waals surface area contributed by atoms with Gasteiger partial charge < -0.3 is 20.1 Å². The lowest BCUT2D eigenvalue weighted by atomic mass is 10.1. The maximum Gasteiger partial charge on any atom is 0.315 e. The molecule has 0 saturated carbocycles. The third kappa shape index (κ3) is 5.61. The molecule has 1 unspecified atom stereocenters. The summed E-state index contributed by atoms with van der Waals surface area (Å²) in [5.41, 5.74) is 1.73. The van der Waals surface area contributed by atoms with Gasteiger partial charge in [0, 0.05) is 30.7 Å². The number of ether oxygens (including phenoxy) is 2. The first-order chi connectivity index (χ1) is 13.6. The van der Waals surface area contributed by atoms with Crippen LogP contribution >= 0.6 is 12.4 Å². The molecule has 2 heterocycles. The Morgan fingerprint density at radius 2 is 2.03 bits per heavy atom. The van der Waals surface area contributed by atoms with Crippen molar-refractivity contribution in [3.05, 3.63) is 66.4 Å². The second-order valence-corrected chi connectivity index (χ2v) is 6.15. The fourth-order valence-corrected chi connectivity index (χ4v) is 2.75. The number of hydrogen-bond donors (Lipinski definition) is 2. The minimum absolute atomic E-state index is 0. The Labute approximate surface area is 175 Å². The van der Waals surface area contributed by atoms with Crippen LogP contribution in [0.5, 0.6) is 11.5 Å². The van der Waals surface area contributed by atoms with Crippen molar-refractivity contribution in [3.8, 4) is 17.3 Å². The normalized spacial score (nSPS) is 11.1. The molecule has 0 fully saturated rings. The minimum atomic E-state index is -0.281. The summed E-state index contributed by atoms with van der Waals surface area (Å²) in [6.07, 6.45) is 6.92. The first-order valence-corrected chi connectivity index (χ1v) is 8.80. The second-order valence-electron chi connectivity index (χ2n) is 6.15. The number of methoxy groups -OCH3 is 2. The lowest BCUT2D eigenvalue weighted by Gasteiger charge is -2.18. The summed E-state index contributed by atoms with van der Waals surface area (Å²) in [5, 5.41) is 5.75. The van der Waals surface area contributed by atoms with Gasteiger partial charge in [0.2, 0.25) is 0 Å². The smallest absolute Gasteiger partial charge is 0.315 e. The highest BCUT2D eigenvalue weighted by Gasteiger charge is 2.15. The van der Waals surface area contributed by atoms with Crippen LogP contribution in [-0.4, -0.2) is 34.8 Å². The van der Waals surface area contributed by atoms with E-state index in [-0.39, 0.29) is 24.5 Å². The van der Waals surface area contributed by atoms with Crippen LogP contribution in [0.4, 0.5) is 4.79 Å². The molecule has 0 radical (unpaired) electrons. The third-order valence-corrected chi connectivity index (χ3v) is 4.28. The summed E-state index contributed by atoms with van der Waals surface area (Å²) in [4.78, 5) is 20.6. The van der Waals surface area contributed by atoms with Crippen molar-refractivity contribution in [2.24, 2.45) is 0 Å². The number of urea groups is 1. The van der Waals surface area contributed by atoms with Crippen LogP contribution in [-0.2, 0) is 6.54 Å². The van der Waals surface area contributed by atoms with Crippen LogP contribution < -0.4 is 20.1 Å². The van der Waals surface area contributed by atoms with Gasteiger partial charge in [-0.15, -0.1) is 12.4 Å². The van der Waals surface area contributed by atoms with Gasteiger partial charge >= 0.3 is 6.03 Å². The quantitative estimate of drug-likeness (QED) is 0.615. The van der Waals surface area contributed by atoms with Crippen LogP contribution in [0.1, 0.15) is 24.1 Å². The molecule has 2 aromatic heterocycles. The van der Waals surface area contributed by atoms with Crippen molar-refractivity contribution in [3.63, 3.8) is 0 Å². The summed E-state index contributed by atoms with van der Waals surface area (Å²) in [6.45, 7) is 2.25. The van der Waals surface area contributed by atoms with E-state index in [0.717, 1.165) is 16.9 Å². The number of nitrogens with one attached hydrogen (secondary N) is 2. The van der Waals surface area contributed by atoms with Gasteiger partial charge in [0.25, 0.3) is 0 Å². The Hall–Kier alpha value is -3.26. The molecule has 0 spiro atoms. The SMILES string of the molecule is COc1ccc(OC)c(C(C)NC(=O)NCc2ccc(-n3ccnc3)nc2)c1.Cl. The molecular weight excluding hydrogens is 394 g/mol. The number of hydrogen-bond acceptors (Lipinski definition) is 5. The van der Waals surface area contributed by atoms with E-state index < -0.39 is 0 Å². The number of amides is 2. The zero-order chi connectivity index (χ0) is 19.9. The van der Waals surface area contributed by atoms with Crippen LogP contribution in [0.15, 0.2) is 55.2 Å². The van der Waals surface area contributed by atoms with Crippen LogP contribution in [0.25, 0.3) is 5.82 Å². The first-order valence-electron chi connectivity index (χ1n) is 8.80. The molecular formula is C20H24ClN5O3. The molecule has 1 aromatic carbocycles. The average molecular weight is 418 g/mol. The standard InChI is InChI=1S/C20H23N5O3.ClH/c1-14(17-10-16(27-2)5-6-18(17)28-3)24-20(26)23-12-15-4-7-19(22-11-15)25-9-8-21-13-25;/h4-11,13-14H,12H2,1-3H3,(H2,23,24,26);1H. The topological polar surface area (TPSA) is 90.3 Å². The number of nitrogens with zero attached hydrogens (tertiary/aromatic N) is 3. The zero-order valence-corrected chi connectivity index (χ0v) is 17.3. The summed E-state index contributed by atoms with van der Waals surface area (Å²) >= 11 is 0. The largest absolute Gasteiger partial charge is 0.497 e. The van der Waals surface area contributed by atoms with Gasteiger partial charge in [-0.2, -0.15) is 0 Å².